The molecule has 0 aliphatic carbocycles. The van der Waals surface area contributed by atoms with E-state index < -0.39 is 5.91 Å². The van der Waals surface area contributed by atoms with Gasteiger partial charge in [-0.15, -0.1) is 0 Å². The molecular formula is C17H13NO4. The van der Waals surface area contributed by atoms with E-state index >= 15 is 0 Å². The summed E-state index contributed by atoms with van der Waals surface area (Å²) in [6.45, 7) is 0.281. The second kappa shape index (κ2) is 5.73. The van der Waals surface area contributed by atoms with Crippen LogP contribution in [0.1, 0.15) is 15.9 Å². The molecule has 0 bridgehead atoms. The van der Waals surface area contributed by atoms with Crippen LogP contribution in [0.4, 0.5) is 0 Å². The third kappa shape index (κ3) is 2.56. The summed E-state index contributed by atoms with van der Waals surface area (Å²) in [7, 11) is 0. The third-order valence-electron chi connectivity index (χ3n) is 3.27. The first-order valence-corrected chi connectivity index (χ1v) is 6.68. The topological polar surface area (TPSA) is 82.5 Å². The van der Waals surface area contributed by atoms with Crippen LogP contribution in [0.5, 0.6) is 5.75 Å². The molecule has 3 rings (SSSR count). The van der Waals surface area contributed by atoms with E-state index in [1.165, 1.54) is 12.3 Å². The van der Waals surface area contributed by atoms with E-state index in [-0.39, 0.29) is 23.2 Å². The standard InChI is InChI=1S/C17H13NO4/c18-17(20)15-14(22-10-11-4-2-1-3-5-11)7-6-12-13(19)8-9-21-16(12)15/h1-9H,10H2,(H2,18,20). The minimum atomic E-state index is -0.706. The number of rotatable bonds is 4. The van der Waals surface area contributed by atoms with Gasteiger partial charge in [0.05, 0.1) is 11.6 Å². The Morgan fingerprint density at radius 2 is 1.86 bits per heavy atom. The molecule has 0 spiro atoms. The van der Waals surface area contributed by atoms with Crippen molar-refractivity contribution in [3.63, 3.8) is 0 Å². The number of nitrogens with two attached hydrogens (primary N) is 1. The maximum absolute atomic E-state index is 11.8. The summed E-state index contributed by atoms with van der Waals surface area (Å²) >= 11 is 0. The highest BCUT2D eigenvalue weighted by atomic mass is 16.5. The van der Waals surface area contributed by atoms with Crippen LogP contribution in [0, 0.1) is 0 Å². The zero-order valence-electron chi connectivity index (χ0n) is 11.6. The molecule has 5 nitrogen and oxygen atoms in total. The largest absolute Gasteiger partial charge is 0.488 e. The lowest BCUT2D eigenvalue weighted by atomic mass is 10.1. The Hall–Kier alpha value is -3.08. The second-order valence-electron chi connectivity index (χ2n) is 4.74. The molecule has 1 aromatic heterocycles. The Kier molecular flexibility index (Phi) is 3.62. The predicted molar refractivity (Wildman–Crippen MR) is 81.8 cm³/mol. The van der Waals surface area contributed by atoms with Gasteiger partial charge in [-0.3, -0.25) is 9.59 Å². The van der Waals surface area contributed by atoms with Gasteiger partial charge in [-0.05, 0) is 17.7 Å². The van der Waals surface area contributed by atoms with Gasteiger partial charge >= 0.3 is 0 Å². The molecule has 0 aliphatic heterocycles. The smallest absolute Gasteiger partial charge is 0.256 e. The van der Waals surface area contributed by atoms with Gasteiger partial charge in [0.2, 0.25) is 0 Å². The van der Waals surface area contributed by atoms with E-state index in [0.717, 1.165) is 5.56 Å². The first-order chi connectivity index (χ1) is 10.7. The van der Waals surface area contributed by atoms with Gasteiger partial charge in [-0.2, -0.15) is 0 Å². The normalized spacial score (nSPS) is 10.5. The highest BCUT2D eigenvalue weighted by Crippen LogP contribution is 2.26. The molecule has 1 amide bonds. The van der Waals surface area contributed by atoms with Gasteiger partial charge in [-0.1, -0.05) is 30.3 Å². The Morgan fingerprint density at radius 3 is 2.59 bits per heavy atom. The first-order valence-electron chi connectivity index (χ1n) is 6.68. The summed E-state index contributed by atoms with van der Waals surface area (Å²) in [5.41, 5.74) is 6.35. The third-order valence-corrected chi connectivity index (χ3v) is 3.27. The number of fused-ring (bicyclic) bond motifs is 1. The molecule has 1 heterocycles. The van der Waals surface area contributed by atoms with Gasteiger partial charge in [0.15, 0.2) is 11.0 Å². The number of benzene rings is 2. The van der Waals surface area contributed by atoms with E-state index in [9.17, 15) is 9.59 Å². The molecule has 2 aromatic carbocycles. The lowest BCUT2D eigenvalue weighted by Crippen LogP contribution is -2.15. The second-order valence-corrected chi connectivity index (χ2v) is 4.74. The lowest BCUT2D eigenvalue weighted by molar-refractivity contribution is 0.0996. The van der Waals surface area contributed by atoms with E-state index in [1.54, 1.807) is 12.1 Å². The summed E-state index contributed by atoms with van der Waals surface area (Å²) in [6, 6.07) is 13.9. The molecule has 0 saturated heterocycles. The summed E-state index contributed by atoms with van der Waals surface area (Å²) in [6.07, 6.45) is 1.23. The number of carbonyl (C=O) groups is 1. The average molecular weight is 295 g/mol. The fourth-order valence-corrected chi connectivity index (χ4v) is 2.22. The number of primary amides is 1. The van der Waals surface area contributed by atoms with Crippen molar-refractivity contribution in [2.24, 2.45) is 5.73 Å². The van der Waals surface area contributed by atoms with Crippen molar-refractivity contribution in [1.82, 2.24) is 0 Å². The van der Waals surface area contributed by atoms with Gasteiger partial charge in [0.25, 0.3) is 5.91 Å². The van der Waals surface area contributed by atoms with E-state index in [4.69, 9.17) is 14.9 Å². The minimum absolute atomic E-state index is 0.0751. The molecular weight excluding hydrogens is 282 g/mol. The maximum atomic E-state index is 11.8. The van der Waals surface area contributed by atoms with Crippen LogP contribution in [-0.2, 0) is 6.61 Å². The zero-order valence-corrected chi connectivity index (χ0v) is 11.6. The molecule has 0 fully saturated rings. The van der Waals surface area contributed by atoms with Crippen molar-refractivity contribution in [1.29, 1.82) is 0 Å². The number of ether oxygens (including phenoxy) is 1. The average Bonchev–Trinajstić information content (AvgIpc) is 2.53. The molecule has 2 N–H and O–H groups in total. The molecule has 5 heteroatoms. The molecule has 0 atom stereocenters. The van der Waals surface area contributed by atoms with Crippen molar-refractivity contribution in [2.75, 3.05) is 0 Å². The lowest BCUT2D eigenvalue weighted by Gasteiger charge is -2.11. The van der Waals surface area contributed by atoms with Crippen LogP contribution in [0.2, 0.25) is 0 Å². The van der Waals surface area contributed by atoms with Crippen molar-refractivity contribution in [2.45, 2.75) is 6.61 Å². The number of hydrogen-bond donors (Lipinski definition) is 1. The first kappa shape index (κ1) is 13.9. The summed E-state index contributed by atoms with van der Waals surface area (Å²) in [4.78, 5) is 23.5. The molecule has 0 unspecified atom stereocenters. The fraction of sp³-hybridized carbons (Fsp3) is 0.0588. The van der Waals surface area contributed by atoms with Crippen LogP contribution in [0.15, 0.2) is 64.0 Å². The van der Waals surface area contributed by atoms with Gasteiger partial charge in [0, 0.05) is 6.07 Å². The van der Waals surface area contributed by atoms with Crippen molar-refractivity contribution in [3.8, 4) is 5.75 Å². The van der Waals surface area contributed by atoms with E-state index in [0.29, 0.717) is 11.1 Å². The van der Waals surface area contributed by atoms with Gasteiger partial charge in [-0.25, -0.2) is 0 Å². The van der Waals surface area contributed by atoms with Crippen LogP contribution in [0.25, 0.3) is 11.0 Å². The van der Waals surface area contributed by atoms with Crippen LogP contribution in [-0.4, -0.2) is 5.91 Å². The van der Waals surface area contributed by atoms with Crippen molar-refractivity contribution >= 4 is 16.9 Å². The monoisotopic (exact) mass is 295 g/mol. The van der Waals surface area contributed by atoms with Crippen molar-refractivity contribution < 1.29 is 13.9 Å². The molecule has 3 aromatic rings. The quantitative estimate of drug-likeness (QED) is 0.801. The zero-order chi connectivity index (χ0) is 15.5. The molecule has 0 saturated carbocycles. The van der Waals surface area contributed by atoms with Gasteiger partial charge < -0.3 is 14.9 Å². The van der Waals surface area contributed by atoms with Crippen LogP contribution in [0.3, 0.4) is 0 Å². The van der Waals surface area contributed by atoms with Crippen LogP contribution < -0.4 is 15.9 Å². The highest BCUT2D eigenvalue weighted by Gasteiger charge is 2.17. The predicted octanol–water partition coefficient (Wildman–Crippen LogP) is 2.47. The summed E-state index contributed by atoms with van der Waals surface area (Å²) in [5, 5.41) is 0.295. The van der Waals surface area contributed by atoms with Gasteiger partial charge in [0.1, 0.15) is 17.9 Å². The number of amides is 1. The SMILES string of the molecule is NC(=O)c1c(OCc2ccccc2)ccc2c(=O)ccoc12. The Morgan fingerprint density at radius 1 is 1.09 bits per heavy atom. The molecule has 22 heavy (non-hydrogen) atoms. The maximum Gasteiger partial charge on any atom is 0.256 e. The summed E-state index contributed by atoms with van der Waals surface area (Å²) < 4.78 is 11.0. The van der Waals surface area contributed by atoms with E-state index in [2.05, 4.69) is 0 Å². The number of hydrogen-bond acceptors (Lipinski definition) is 4. The molecule has 0 radical (unpaired) electrons. The van der Waals surface area contributed by atoms with Crippen molar-refractivity contribution in [3.05, 3.63) is 76.1 Å². The number of carbonyl (C=O) groups excluding carboxylic acids is 1. The Bertz CT molecular complexity index is 884. The molecule has 110 valence electrons. The van der Waals surface area contributed by atoms with E-state index in [1.807, 2.05) is 30.3 Å². The highest BCUT2D eigenvalue weighted by molar-refractivity contribution is 6.06. The Balaban J connectivity index is 2.04. The fourth-order valence-electron chi connectivity index (χ4n) is 2.22. The van der Waals surface area contributed by atoms with Crippen LogP contribution >= 0.6 is 0 Å². The minimum Gasteiger partial charge on any atom is -0.488 e. The molecule has 0 aliphatic rings. The Labute approximate surface area is 125 Å². The summed E-state index contributed by atoms with van der Waals surface area (Å²) in [5.74, 6) is -0.416.